The summed E-state index contributed by atoms with van der Waals surface area (Å²) in [6.07, 6.45) is 8.33. The van der Waals surface area contributed by atoms with Gasteiger partial charge < -0.3 is 4.90 Å². The largest absolute Gasteiger partial charge is 0.342 e. The maximum absolute atomic E-state index is 12.2. The van der Waals surface area contributed by atoms with Crippen LogP contribution in [0.25, 0.3) is 0 Å². The van der Waals surface area contributed by atoms with Gasteiger partial charge in [-0.3, -0.25) is 9.48 Å². The Hall–Kier alpha value is -1.65. The third-order valence-electron chi connectivity index (χ3n) is 4.30. The van der Waals surface area contributed by atoms with Crippen molar-refractivity contribution in [2.75, 3.05) is 13.1 Å². The van der Waals surface area contributed by atoms with Crippen LogP contribution in [0.4, 0.5) is 0 Å². The van der Waals surface area contributed by atoms with Crippen LogP contribution in [0.1, 0.15) is 26.2 Å². The Kier molecular flexibility index (Phi) is 3.36. The molecule has 2 aliphatic rings. The third-order valence-corrected chi connectivity index (χ3v) is 4.30. The summed E-state index contributed by atoms with van der Waals surface area (Å²) in [4.78, 5) is 18.1. The number of nitrogens with zero attached hydrogens (tertiary/aromatic N) is 4. The van der Waals surface area contributed by atoms with Crippen LogP contribution in [0.5, 0.6) is 0 Å². The number of carbonyl (C=O) groups excluding carboxylic acids is 1. The highest BCUT2D eigenvalue weighted by atomic mass is 16.2. The molecule has 1 saturated heterocycles. The van der Waals surface area contributed by atoms with Crippen molar-refractivity contribution >= 4 is 5.91 Å². The fourth-order valence-corrected chi connectivity index (χ4v) is 3.21. The third kappa shape index (κ3) is 2.69. The van der Waals surface area contributed by atoms with Gasteiger partial charge in [0.15, 0.2) is 0 Å². The molecule has 1 aromatic heterocycles. The molecule has 5 nitrogen and oxygen atoms in total. The quantitative estimate of drug-likeness (QED) is 0.774. The van der Waals surface area contributed by atoms with Crippen LogP contribution in [0.2, 0.25) is 0 Å². The van der Waals surface area contributed by atoms with Gasteiger partial charge >= 0.3 is 0 Å². The molecule has 2 heterocycles. The highest BCUT2D eigenvalue weighted by Crippen LogP contribution is 2.35. The second-order valence-electron chi connectivity index (χ2n) is 5.72. The van der Waals surface area contributed by atoms with Crippen molar-refractivity contribution in [1.29, 1.82) is 0 Å². The number of likely N-dealkylation sites (tertiary alicyclic amines) is 1. The van der Waals surface area contributed by atoms with E-state index in [1.807, 2.05) is 4.90 Å². The molecule has 0 aromatic carbocycles. The van der Waals surface area contributed by atoms with E-state index in [1.165, 1.54) is 11.9 Å². The van der Waals surface area contributed by atoms with Gasteiger partial charge in [-0.2, -0.15) is 5.10 Å². The molecule has 19 heavy (non-hydrogen) atoms. The van der Waals surface area contributed by atoms with E-state index < -0.39 is 0 Å². The zero-order valence-electron chi connectivity index (χ0n) is 11.3. The predicted octanol–water partition coefficient (Wildman–Crippen LogP) is 1.48. The maximum atomic E-state index is 12.2. The van der Waals surface area contributed by atoms with E-state index in [-0.39, 0.29) is 5.91 Å². The lowest BCUT2D eigenvalue weighted by Gasteiger charge is -2.21. The lowest BCUT2D eigenvalue weighted by molar-refractivity contribution is -0.130. The molecule has 102 valence electrons. The molecule has 3 rings (SSSR count). The number of carbonyl (C=O) groups is 1. The summed E-state index contributed by atoms with van der Waals surface area (Å²) < 4.78 is 1.72. The van der Waals surface area contributed by atoms with Crippen LogP contribution >= 0.6 is 0 Å². The van der Waals surface area contributed by atoms with Crippen LogP contribution < -0.4 is 0 Å². The number of fused-ring (bicyclic) bond motifs is 1. The smallest absolute Gasteiger partial charge is 0.224 e. The van der Waals surface area contributed by atoms with Crippen LogP contribution in [-0.2, 0) is 11.3 Å². The first-order valence-electron chi connectivity index (χ1n) is 6.98. The standard InChI is InChI=1S/C14H20N4O/c1-11-2-3-12-7-17(8-13(12)6-11)14(19)4-5-18-10-15-9-16-18/h2,9-10,12-13H,3-8H2,1H3/t12-,13+/m1/s1. The minimum absolute atomic E-state index is 0.252. The first kappa shape index (κ1) is 12.4. The highest BCUT2D eigenvalue weighted by molar-refractivity contribution is 5.76. The summed E-state index contributed by atoms with van der Waals surface area (Å²) in [6, 6.07) is 0. The molecule has 2 atom stereocenters. The van der Waals surface area contributed by atoms with E-state index in [0.29, 0.717) is 24.8 Å². The molecule has 0 unspecified atom stereocenters. The van der Waals surface area contributed by atoms with Gasteiger partial charge in [-0.25, -0.2) is 4.98 Å². The van der Waals surface area contributed by atoms with E-state index >= 15 is 0 Å². The number of allylic oxidation sites excluding steroid dienone is 2. The molecule has 0 radical (unpaired) electrons. The molecule has 5 heteroatoms. The molecule has 1 aliphatic carbocycles. The second-order valence-corrected chi connectivity index (χ2v) is 5.72. The summed E-state index contributed by atoms with van der Waals surface area (Å²) >= 11 is 0. The van der Waals surface area contributed by atoms with Crippen LogP contribution in [-0.4, -0.2) is 38.7 Å². The number of amides is 1. The predicted molar refractivity (Wildman–Crippen MR) is 71.2 cm³/mol. The fourth-order valence-electron chi connectivity index (χ4n) is 3.21. The topological polar surface area (TPSA) is 51.0 Å². The number of hydrogen-bond acceptors (Lipinski definition) is 3. The summed E-state index contributed by atoms with van der Waals surface area (Å²) in [5.41, 5.74) is 1.48. The Balaban J connectivity index is 1.52. The van der Waals surface area contributed by atoms with Crippen molar-refractivity contribution in [1.82, 2.24) is 19.7 Å². The minimum atomic E-state index is 0.252. The maximum Gasteiger partial charge on any atom is 0.224 e. The van der Waals surface area contributed by atoms with Crippen LogP contribution in [0.15, 0.2) is 24.3 Å². The Morgan fingerprint density at radius 1 is 1.42 bits per heavy atom. The normalized spacial score (nSPS) is 26.2. The lowest BCUT2D eigenvalue weighted by atomic mass is 9.83. The van der Waals surface area contributed by atoms with Gasteiger partial charge in [0.1, 0.15) is 12.7 Å². The molecular formula is C14H20N4O. The van der Waals surface area contributed by atoms with Crippen molar-refractivity contribution in [3.8, 4) is 0 Å². The summed E-state index contributed by atoms with van der Waals surface area (Å²) in [6.45, 7) is 4.70. The van der Waals surface area contributed by atoms with Crippen molar-refractivity contribution < 1.29 is 4.79 Å². The molecule has 0 N–H and O–H groups in total. The van der Waals surface area contributed by atoms with Gasteiger partial charge in [0, 0.05) is 19.5 Å². The molecule has 1 amide bonds. The number of hydrogen-bond donors (Lipinski definition) is 0. The summed E-state index contributed by atoms with van der Waals surface area (Å²) in [7, 11) is 0. The zero-order chi connectivity index (χ0) is 13.2. The van der Waals surface area contributed by atoms with Gasteiger partial charge in [0.25, 0.3) is 0 Å². The van der Waals surface area contributed by atoms with Crippen LogP contribution in [0, 0.1) is 11.8 Å². The average Bonchev–Trinajstić information content (AvgIpc) is 3.04. The Morgan fingerprint density at radius 3 is 3.05 bits per heavy atom. The van der Waals surface area contributed by atoms with E-state index in [2.05, 4.69) is 23.1 Å². The fraction of sp³-hybridized carbons (Fsp3) is 0.643. The van der Waals surface area contributed by atoms with Gasteiger partial charge in [-0.15, -0.1) is 0 Å². The van der Waals surface area contributed by atoms with Crippen molar-refractivity contribution in [3.63, 3.8) is 0 Å². The number of aromatic nitrogens is 3. The lowest BCUT2D eigenvalue weighted by Crippen LogP contribution is -2.29. The molecule has 1 fully saturated rings. The molecule has 0 bridgehead atoms. The average molecular weight is 260 g/mol. The Bertz CT molecular complexity index is 480. The zero-order valence-corrected chi connectivity index (χ0v) is 11.3. The van der Waals surface area contributed by atoms with Crippen LogP contribution in [0.3, 0.4) is 0 Å². The molecule has 0 spiro atoms. The van der Waals surface area contributed by atoms with Gasteiger partial charge in [0.2, 0.25) is 5.91 Å². The molecule has 0 saturated carbocycles. The van der Waals surface area contributed by atoms with E-state index in [4.69, 9.17) is 0 Å². The van der Waals surface area contributed by atoms with E-state index in [1.54, 1.807) is 11.0 Å². The minimum Gasteiger partial charge on any atom is -0.342 e. The SMILES string of the molecule is CC1=CC[C@@H]2CN(C(=O)CCn3cncn3)C[C@@H]2C1. The van der Waals surface area contributed by atoms with Crippen molar-refractivity contribution in [3.05, 3.63) is 24.3 Å². The van der Waals surface area contributed by atoms with Crippen molar-refractivity contribution in [2.45, 2.75) is 32.7 Å². The molecular weight excluding hydrogens is 240 g/mol. The van der Waals surface area contributed by atoms with E-state index in [9.17, 15) is 4.79 Å². The van der Waals surface area contributed by atoms with Gasteiger partial charge in [-0.05, 0) is 31.6 Å². The van der Waals surface area contributed by atoms with E-state index in [0.717, 1.165) is 25.9 Å². The monoisotopic (exact) mass is 260 g/mol. The summed E-state index contributed by atoms with van der Waals surface area (Å²) in [5.74, 6) is 1.61. The second kappa shape index (κ2) is 5.15. The highest BCUT2D eigenvalue weighted by Gasteiger charge is 2.35. The first-order chi connectivity index (χ1) is 9.22. The molecule has 1 aliphatic heterocycles. The first-order valence-corrected chi connectivity index (χ1v) is 6.98. The van der Waals surface area contributed by atoms with Gasteiger partial charge in [-0.1, -0.05) is 11.6 Å². The number of aryl methyl sites for hydroxylation is 1. The Labute approximate surface area is 113 Å². The summed E-state index contributed by atoms with van der Waals surface area (Å²) in [5, 5.41) is 4.02. The Morgan fingerprint density at radius 2 is 2.26 bits per heavy atom. The number of rotatable bonds is 3. The van der Waals surface area contributed by atoms with Crippen molar-refractivity contribution in [2.24, 2.45) is 11.8 Å². The molecule has 1 aromatic rings. The van der Waals surface area contributed by atoms with Gasteiger partial charge in [0.05, 0.1) is 6.54 Å².